The molecule has 0 fully saturated rings. The Balaban J connectivity index is 1.79. The van der Waals surface area contributed by atoms with Crippen LogP contribution in [0.25, 0.3) is 0 Å². The first-order valence-electron chi connectivity index (χ1n) is 11.4. The summed E-state index contributed by atoms with van der Waals surface area (Å²) in [5, 5.41) is 2.12. The lowest BCUT2D eigenvalue weighted by Crippen LogP contribution is -2.47. The number of hydrogen-bond donors (Lipinski definition) is 0. The van der Waals surface area contributed by atoms with Gasteiger partial charge in [0.05, 0.1) is 6.04 Å². The predicted octanol–water partition coefficient (Wildman–Crippen LogP) is 5.52. The molecule has 2 amide bonds. The predicted molar refractivity (Wildman–Crippen MR) is 128 cm³/mol. The largest absolute Gasteiger partial charge is 0.330 e. The normalized spacial score (nSPS) is 15.4. The summed E-state index contributed by atoms with van der Waals surface area (Å²) in [5.74, 6) is 0.0545. The highest BCUT2D eigenvalue weighted by Crippen LogP contribution is 2.39. The fourth-order valence-corrected chi connectivity index (χ4v) is 5.24. The molecular weight excluding hydrogens is 404 g/mol. The van der Waals surface area contributed by atoms with Gasteiger partial charge in [-0.1, -0.05) is 56.5 Å². The summed E-state index contributed by atoms with van der Waals surface area (Å²) in [6.07, 6.45) is 7.29. The minimum absolute atomic E-state index is 0.00820. The van der Waals surface area contributed by atoms with Gasteiger partial charge >= 0.3 is 0 Å². The first kappa shape index (κ1) is 23.3. The van der Waals surface area contributed by atoms with Crippen molar-refractivity contribution in [1.82, 2.24) is 9.80 Å². The zero-order chi connectivity index (χ0) is 22.2. The van der Waals surface area contributed by atoms with Crippen molar-refractivity contribution in [2.75, 3.05) is 19.6 Å². The van der Waals surface area contributed by atoms with Gasteiger partial charge in [-0.05, 0) is 47.9 Å². The van der Waals surface area contributed by atoms with Gasteiger partial charge in [-0.25, -0.2) is 0 Å². The van der Waals surface area contributed by atoms with Crippen LogP contribution in [0.3, 0.4) is 0 Å². The van der Waals surface area contributed by atoms with E-state index in [1.807, 2.05) is 17.0 Å². The summed E-state index contributed by atoms with van der Waals surface area (Å²) in [6.45, 7) is 9.25. The van der Waals surface area contributed by atoms with Crippen LogP contribution in [0.1, 0.15) is 66.6 Å². The Morgan fingerprint density at radius 2 is 2.00 bits per heavy atom. The zero-order valence-corrected chi connectivity index (χ0v) is 19.6. The molecule has 31 heavy (non-hydrogen) atoms. The van der Waals surface area contributed by atoms with Gasteiger partial charge in [0, 0.05) is 24.4 Å². The van der Waals surface area contributed by atoms with E-state index >= 15 is 0 Å². The van der Waals surface area contributed by atoms with Crippen LogP contribution in [0.5, 0.6) is 0 Å². The molecule has 4 nitrogen and oxygen atoms in total. The molecule has 1 aliphatic heterocycles. The molecule has 0 N–H and O–H groups in total. The van der Waals surface area contributed by atoms with Crippen molar-refractivity contribution in [1.29, 1.82) is 0 Å². The number of unbranched alkanes of at least 4 members (excludes halogenated alkanes) is 3. The topological polar surface area (TPSA) is 40.6 Å². The third-order valence-electron chi connectivity index (χ3n) is 6.04. The van der Waals surface area contributed by atoms with Gasteiger partial charge in [-0.15, -0.1) is 17.9 Å². The van der Waals surface area contributed by atoms with Crippen LogP contribution in [0.4, 0.5) is 0 Å². The average molecular weight is 439 g/mol. The number of hydrogen-bond acceptors (Lipinski definition) is 3. The van der Waals surface area contributed by atoms with E-state index in [2.05, 4.69) is 44.0 Å². The van der Waals surface area contributed by atoms with E-state index in [9.17, 15) is 9.59 Å². The van der Waals surface area contributed by atoms with Gasteiger partial charge in [0.15, 0.2) is 0 Å². The quantitative estimate of drug-likeness (QED) is 0.362. The lowest BCUT2D eigenvalue weighted by molar-refractivity contribution is -0.141. The molecule has 166 valence electrons. The van der Waals surface area contributed by atoms with Gasteiger partial charge in [0.2, 0.25) is 11.8 Å². The van der Waals surface area contributed by atoms with Crippen molar-refractivity contribution in [2.45, 2.75) is 58.4 Å². The second-order valence-electron chi connectivity index (χ2n) is 8.27. The second-order valence-corrected chi connectivity index (χ2v) is 9.27. The number of carbonyl (C=O) groups excluding carboxylic acids is 2. The highest BCUT2D eigenvalue weighted by atomic mass is 32.1. The van der Waals surface area contributed by atoms with Crippen LogP contribution in [0.2, 0.25) is 0 Å². The Morgan fingerprint density at radius 1 is 1.19 bits per heavy atom. The number of carbonyl (C=O) groups is 2. The molecule has 0 saturated heterocycles. The van der Waals surface area contributed by atoms with Crippen LogP contribution in [0, 0.1) is 6.92 Å². The molecule has 5 heteroatoms. The second kappa shape index (κ2) is 11.3. The number of fused-ring (bicyclic) bond motifs is 1. The van der Waals surface area contributed by atoms with Crippen molar-refractivity contribution < 1.29 is 9.59 Å². The summed E-state index contributed by atoms with van der Waals surface area (Å²) in [7, 11) is 0. The molecule has 1 atom stereocenters. The molecule has 2 heterocycles. The van der Waals surface area contributed by atoms with Crippen LogP contribution >= 0.6 is 11.3 Å². The molecule has 0 bridgehead atoms. The molecule has 0 aliphatic carbocycles. The van der Waals surface area contributed by atoms with E-state index in [1.54, 1.807) is 22.3 Å². The molecule has 0 spiro atoms. The van der Waals surface area contributed by atoms with Crippen LogP contribution in [-0.2, 0) is 16.0 Å². The molecule has 1 unspecified atom stereocenters. The van der Waals surface area contributed by atoms with Crippen molar-refractivity contribution in [3.8, 4) is 0 Å². The third-order valence-corrected chi connectivity index (χ3v) is 7.04. The fourth-order valence-electron chi connectivity index (χ4n) is 4.34. The highest BCUT2D eigenvalue weighted by molar-refractivity contribution is 7.10. The van der Waals surface area contributed by atoms with Crippen molar-refractivity contribution in [3.63, 3.8) is 0 Å². The molecule has 1 aromatic heterocycles. The molecule has 1 aromatic carbocycles. The molecule has 1 aliphatic rings. The summed E-state index contributed by atoms with van der Waals surface area (Å²) in [5.41, 5.74) is 3.57. The van der Waals surface area contributed by atoms with Crippen molar-refractivity contribution >= 4 is 23.2 Å². The number of nitrogens with zero attached hydrogens (tertiary/aromatic N) is 2. The Kier molecular flexibility index (Phi) is 8.47. The maximum atomic E-state index is 13.5. The van der Waals surface area contributed by atoms with E-state index in [0.717, 1.165) is 37.7 Å². The number of amides is 2. The summed E-state index contributed by atoms with van der Waals surface area (Å²) in [4.78, 5) is 31.3. The lowest BCUT2D eigenvalue weighted by Gasteiger charge is -2.38. The van der Waals surface area contributed by atoms with Gasteiger partial charge in [-0.2, -0.15) is 0 Å². The van der Waals surface area contributed by atoms with Crippen LogP contribution in [-0.4, -0.2) is 41.2 Å². The molecular formula is C26H34N2O2S. The maximum absolute atomic E-state index is 13.5. The van der Waals surface area contributed by atoms with Gasteiger partial charge in [-0.3, -0.25) is 9.59 Å². The van der Waals surface area contributed by atoms with E-state index in [4.69, 9.17) is 0 Å². The first-order chi connectivity index (χ1) is 15.1. The summed E-state index contributed by atoms with van der Waals surface area (Å²) >= 11 is 1.77. The Morgan fingerprint density at radius 3 is 2.74 bits per heavy atom. The minimum atomic E-state index is -0.0889. The van der Waals surface area contributed by atoms with E-state index in [-0.39, 0.29) is 24.4 Å². The van der Waals surface area contributed by atoms with Crippen LogP contribution < -0.4 is 0 Å². The first-order valence-corrected chi connectivity index (χ1v) is 12.2. The molecule has 3 rings (SSSR count). The van der Waals surface area contributed by atoms with Gasteiger partial charge < -0.3 is 9.80 Å². The molecule has 2 aromatic rings. The zero-order valence-electron chi connectivity index (χ0n) is 18.8. The van der Waals surface area contributed by atoms with Crippen molar-refractivity contribution in [2.24, 2.45) is 0 Å². The monoisotopic (exact) mass is 438 g/mol. The number of thiophene rings is 1. The van der Waals surface area contributed by atoms with E-state index in [0.29, 0.717) is 19.5 Å². The Bertz CT molecular complexity index is 904. The number of rotatable bonds is 10. The van der Waals surface area contributed by atoms with Crippen molar-refractivity contribution in [3.05, 3.63) is 69.9 Å². The Labute approximate surface area is 190 Å². The minimum Gasteiger partial charge on any atom is -0.330 e. The SMILES string of the molecule is C=CCN(CC(=O)N1CCc2sccc2C1c1ccccc1C)C(=O)CCCCCC. The standard InChI is InChI=1S/C26H34N2O2S/c1-4-6-7-8-13-24(29)27(16-5-2)19-25(30)28-17-14-23-22(15-18-31-23)26(28)21-12-10-9-11-20(21)3/h5,9-12,15,18,26H,2,4,6-8,13-14,16-17,19H2,1,3H3. The maximum Gasteiger partial charge on any atom is 0.243 e. The summed E-state index contributed by atoms with van der Waals surface area (Å²) < 4.78 is 0. The van der Waals surface area contributed by atoms with Crippen LogP contribution in [0.15, 0.2) is 48.4 Å². The highest BCUT2D eigenvalue weighted by Gasteiger charge is 2.34. The Hall–Kier alpha value is -2.40. The van der Waals surface area contributed by atoms with E-state index in [1.165, 1.54) is 16.0 Å². The smallest absolute Gasteiger partial charge is 0.243 e. The lowest BCUT2D eigenvalue weighted by atomic mass is 9.90. The third kappa shape index (κ3) is 5.65. The number of benzene rings is 1. The molecule has 0 saturated carbocycles. The van der Waals surface area contributed by atoms with E-state index < -0.39 is 0 Å². The fraction of sp³-hybridized carbons (Fsp3) is 0.462. The van der Waals surface area contributed by atoms with Gasteiger partial charge in [0.1, 0.15) is 6.54 Å². The average Bonchev–Trinajstić information content (AvgIpc) is 3.25. The molecule has 0 radical (unpaired) electrons. The number of aryl methyl sites for hydroxylation is 1. The summed E-state index contributed by atoms with van der Waals surface area (Å²) in [6, 6.07) is 10.3. The van der Waals surface area contributed by atoms with Gasteiger partial charge in [0.25, 0.3) is 0 Å².